The van der Waals surface area contributed by atoms with Gasteiger partial charge in [-0.1, -0.05) is 0 Å². The smallest absolute Gasteiger partial charge is 0.115 e. The number of nitrogens with zero attached hydrogens (tertiary/aromatic N) is 3. The molecule has 70 valence electrons. The van der Waals surface area contributed by atoms with Crippen molar-refractivity contribution < 1.29 is 0 Å². The van der Waals surface area contributed by atoms with Gasteiger partial charge in [-0.2, -0.15) is 0 Å². The maximum Gasteiger partial charge on any atom is 0.115 e. The second-order valence-corrected chi connectivity index (χ2v) is 4.06. The lowest BCUT2D eigenvalue weighted by atomic mass is 10.2. The predicted molar refractivity (Wildman–Crippen MR) is 62.1 cm³/mol. The van der Waals surface area contributed by atoms with Crippen LogP contribution in [0.4, 0.5) is 5.69 Å². The van der Waals surface area contributed by atoms with Crippen LogP contribution < -0.4 is 0 Å². The summed E-state index contributed by atoms with van der Waals surface area (Å²) in [5.41, 5.74) is 0.972. The van der Waals surface area contributed by atoms with Gasteiger partial charge in [-0.05, 0) is 19.7 Å². The maximum absolute atomic E-state index is 4.24. The number of fused-ring (bicyclic) bond motifs is 1. The molecule has 0 spiro atoms. The molecule has 0 saturated carbocycles. The van der Waals surface area contributed by atoms with E-state index in [1.807, 2.05) is 19.2 Å². The van der Waals surface area contributed by atoms with E-state index in [0.717, 1.165) is 15.8 Å². The second kappa shape index (κ2) is 3.67. The van der Waals surface area contributed by atoms with Crippen LogP contribution in [0.15, 0.2) is 28.4 Å². The average Bonchev–Trinajstić information content (AvgIpc) is 2.51. The lowest BCUT2D eigenvalue weighted by Crippen LogP contribution is -1.69. The molecule has 0 aliphatic heterocycles. The maximum atomic E-state index is 4.24. The molecule has 0 aromatic carbocycles. The number of aromatic nitrogens is 1. The third kappa shape index (κ3) is 1.44. The number of hydrogen-bond donors (Lipinski definition) is 0. The Morgan fingerprint density at radius 3 is 3.21 bits per heavy atom. The number of thiophene rings is 1. The van der Waals surface area contributed by atoms with Gasteiger partial charge in [0.15, 0.2) is 0 Å². The lowest BCUT2D eigenvalue weighted by Gasteiger charge is -1.90. The van der Waals surface area contributed by atoms with E-state index in [4.69, 9.17) is 0 Å². The molecule has 0 fully saturated rings. The van der Waals surface area contributed by atoms with E-state index in [2.05, 4.69) is 21.7 Å². The topological polar surface area (TPSA) is 37.6 Å². The zero-order chi connectivity index (χ0) is 9.97. The zero-order valence-corrected chi connectivity index (χ0v) is 8.58. The summed E-state index contributed by atoms with van der Waals surface area (Å²) in [7, 11) is 0. The highest BCUT2D eigenvalue weighted by molar-refractivity contribution is 7.19. The first-order valence-corrected chi connectivity index (χ1v) is 4.96. The van der Waals surface area contributed by atoms with Gasteiger partial charge < -0.3 is 0 Å². The van der Waals surface area contributed by atoms with Gasteiger partial charge in [-0.15, -0.1) is 11.3 Å². The van der Waals surface area contributed by atoms with Crippen LogP contribution in [0.5, 0.6) is 0 Å². The van der Waals surface area contributed by atoms with E-state index in [1.165, 1.54) is 11.2 Å². The van der Waals surface area contributed by atoms with E-state index in [9.17, 15) is 0 Å². The van der Waals surface area contributed by atoms with Crippen molar-refractivity contribution in [2.45, 2.75) is 6.92 Å². The minimum Gasteiger partial charge on any atom is -0.263 e. The fourth-order valence-electron chi connectivity index (χ4n) is 1.32. The summed E-state index contributed by atoms with van der Waals surface area (Å²) in [4.78, 5) is 13.1. The molecule has 14 heavy (non-hydrogen) atoms. The molecule has 0 saturated heterocycles. The highest BCUT2D eigenvalue weighted by Crippen LogP contribution is 2.36. The van der Waals surface area contributed by atoms with Gasteiger partial charge in [0, 0.05) is 22.7 Å². The van der Waals surface area contributed by atoms with Gasteiger partial charge in [0.05, 0.1) is 10.4 Å². The van der Waals surface area contributed by atoms with Gasteiger partial charge in [-0.3, -0.25) is 9.98 Å². The fraction of sp³-hybridized carbons (Fsp3) is 0.100. The first kappa shape index (κ1) is 9.02. The Morgan fingerprint density at radius 2 is 2.43 bits per heavy atom. The summed E-state index contributed by atoms with van der Waals surface area (Å²) in [6, 6.07) is 1.97. The van der Waals surface area contributed by atoms with Crippen LogP contribution in [0.1, 0.15) is 4.88 Å². The molecule has 0 atom stereocenters. The predicted octanol–water partition coefficient (Wildman–Crippen LogP) is 2.97. The number of rotatable bonds is 2. The summed E-state index contributed by atoms with van der Waals surface area (Å²) in [5.74, 6) is 0. The molecule has 0 bridgehead atoms. The van der Waals surface area contributed by atoms with Crippen molar-refractivity contribution in [3.8, 4) is 0 Å². The number of aryl methyl sites for hydroxylation is 1. The molecule has 3 nitrogen and oxygen atoms in total. The molecule has 0 unspecified atom stereocenters. The minimum absolute atomic E-state index is 0.972. The number of pyridine rings is 1. The van der Waals surface area contributed by atoms with Crippen molar-refractivity contribution in [1.82, 2.24) is 4.98 Å². The van der Waals surface area contributed by atoms with Gasteiger partial charge in [0.25, 0.3) is 0 Å². The van der Waals surface area contributed by atoms with Crippen molar-refractivity contribution >= 4 is 40.2 Å². The average molecular weight is 203 g/mol. The monoisotopic (exact) mass is 203 g/mol. The van der Waals surface area contributed by atoms with Gasteiger partial charge >= 0.3 is 0 Å². The van der Waals surface area contributed by atoms with Crippen molar-refractivity contribution in [2.75, 3.05) is 0 Å². The highest BCUT2D eigenvalue weighted by atomic mass is 32.1. The van der Waals surface area contributed by atoms with Crippen LogP contribution in [-0.2, 0) is 0 Å². The largest absolute Gasteiger partial charge is 0.263 e. The first-order chi connectivity index (χ1) is 6.83. The molecule has 2 aromatic heterocycles. The molecular formula is C10H9N3S. The lowest BCUT2D eigenvalue weighted by molar-refractivity contribution is 1.37. The van der Waals surface area contributed by atoms with E-state index in [0.29, 0.717) is 0 Å². The normalized spacial score (nSPS) is 11.2. The summed E-state index contributed by atoms with van der Waals surface area (Å²) >= 11 is 1.69. The Morgan fingerprint density at radius 1 is 1.57 bits per heavy atom. The van der Waals surface area contributed by atoms with E-state index in [1.54, 1.807) is 17.5 Å². The van der Waals surface area contributed by atoms with Crippen molar-refractivity contribution in [3.05, 3.63) is 23.3 Å². The van der Waals surface area contributed by atoms with Gasteiger partial charge in [0.2, 0.25) is 0 Å². The molecule has 4 heteroatoms. The molecule has 2 heterocycles. The quantitative estimate of drug-likeness (QED) is 0.546. The second-order valence-electron chi connectivity index (χ2n) is 2.81. The zero-order valence-electron chi connectivity index (χ0n) is 7.77. The third-order valence-corrected chi connectivity index (χ3v) is 2.95. The van der Waals surface area contributed by atoms with Crippen LogP contribution in [0, 0.1) is 6.92 Å². The Bertz CT molecular complexity index is 499. The summed E-state index contributed by atoms with van der Waals surface area (Å²) in [6.45, 7) is 5.40. The summed E-state index contributed by atoms with van der Waals surface area (Å²) in [6.07, 6.45) is 5.09. The molecule has 0 N–H and O–H groups in total. The van der Waals surface area contributed by atoms with Gasteiger partial charge in [0.1, 0.15) is 6.34 Å². The molecule has 0 aliphatic carbocycles. The Labute approximate surface area is 85.9 Å². The Kier molecular flexibility index (Phi) is 2.37. The summed E-state index contributed by atoms with van der Waals surface area (Å²) in [5, 5.41) is 1.13. The molecule has 0 radical (unpaired) electrons. The number of aliphatic imine (C=N–C) groups is 2. The first-order valence-electron chi connectivity index (χ1n) is 4.14. The molecule has 2 rings (SSSR count). The highest BCUT2D eigenvalue weighted by Gasteiger charge is 2.06. The van der Waals surface area contributed by atoms with Crippen molar-refractivity contribution in [3.63, 3.8) is 0 Å². The van der Waals surface area contributed by atoms with Crippen LogP contribution in [0.25, 0.3) is 10.1 Å². The van der Waals surface area contributed by atoms with Crippen LogP contribution in [0.3, 0.4) is 0 Å². The molecule has 0 amide bonds. The number of hydrogen-bond acceptors (Lipinski definition) is 3. The van der Waals surface area contributed by atoms with Crippen LogP contribution in [0.2, 0.25) is 0 Å². The molecule has 2 aromatic rings. The summed E-state index contributed by atoms with van der Waals surface area (Å²) < 4.78 is 1.15. The van der Waals surface area contributed by atoms with Gasteiger partial charge in [-0.25, -0.2) is 4.99 Å². The minimum atomic E-state index is 0.972. The fourth-order valence-corrected chi connectivity index (χ4v) is 2.30. The van der Waals surface area contributed by atoms with E-state index < -0.39 is 0 Å². The standard InChI is InChI=1S/C10H9N3S/c1-7-10(13-6-11-2)8-3-4-12-5-9(8)14-7/h3-6H,2H2,1H3/b13-6-. The molecule has 0 aliphatic rings. The van der Waals surface area contributed by atoms with Crippen LogP contribution in [-0.4, -0.2) is 18.0 Å². The molecular weight excluding hydrogens is 194 g/mol. The van der Waals surface area contributed by atoms with Crippen molar-refractivity contribution in [1.29, 1.82) is 0 Å². The van der Waals surface area contributed by atoms with Crippen LogP contribution >= 0.6 is 11.3 Å². The Balaban J connectivity index is 2.67. The van der Waals surface area contributed by atoms with E-state index >= 15 is 0 Å². The van der Waals surface area contributed by atoms with E-state index in [-0.39, 0.29) is 0 Å². The SMILES string of the molecule is C=N/C=N\c1c(C)sc2cnccc12. The Hall–Kier alpha value is -1.55. The van der Waals surface area contributed by atoms with Crippen molar-refractivity contribution in [2.24, 2.45) is 9.98 Å². The third-order valence-electron chi connectivity index (χ3n) is 1.90.